The number of thiazole rings is 1. The van der Waals surface area contributed by atoms with Gasteiger partial charge >= 0.3 is 5.97 Å². The monoisotopic (exact) mass is 586 g/mol. The van der Waals surface area contributed by atoms with Crippen LogP contribution in [0, 0.1) is 13.8 Å². The van der Waals surface area contributed by atoms with Crippen molar-refractivity contribution < 1.29 is 14.6 Å². The Morgan fingerprint density at radius 3 is 2.19 bits per heavy atom. The molecule has 0 bridgehead atoms. The average molecular weight is 587 g/mol. The molecule has 0 fully saturated rings. The molecular formula is C36H46N2O3S. The number of carbonyl (C=O) groups is 1. The summed E-state index contributed by atoms with van der Waals surface area (Å²) in [4.78, 5) is 18.3. The van der Waals surface area contributed by atoms with E-state index in [1.54, 1.807) is 11.3 Å². The number of aryl methyl sites for hydroxylation is 2. The molecule has 1 heterocycles. The van der Waals surface area contributed by atoms with Crippen LogP contribution in [0.4, 0.5) is 0 Å². The molecule has 3 aromatic carbocycles. The van der Waals surface area contributed by atoms with Crippen LogP contribution in [0.2, 0.25) is 0 Å². The van der Waals surface area contributed by atoms with Gasteiger partial charge in [0, 0.05) is 17.5 Å². The fourth-order valence-corrected chi connectivity index (χ4v) is 6.06. The first-order chi connectivity index (χ1) is 20.3. The van der Waals surface area contributed by atoms with Gasteiger partial charge in [-0.3, -0.25) is 9.69 Å². The minimum absolute atomic E-state index is 0.0331. The highest BCUT2D eigenvalue weighted by molar-refractivity contribution is 7.09. The van der Waals surface area contributed by atoms with E-state index in [4.69, 9.17) is 9.72 Å². The molecule has 0 saturated carbocycles. The van der Waals surface area contributed by atoms with Crippen LogP contribution >= 0.6 is 11.3 Å². The molecular weight excluding hydrogens is 540 g/mol. The molecule has 6 heteroatoms. The van der Waals surface area contributed by atoms with E-state index in [0.717, 1.165) is 33.1 Å². The van der Waals surface area contributed by atoms with E-state index in [2.05, 4.69) is 70.2 Å². The molecule has 4 rings (SSSR count). The number of carboxylic acid groups (broad SMARTS) is 1. The lowest BCUT2D eigenvalue weighted by Crippen LogP contribution is -2.29. The van der Waals surface area contributed by atoms with Crippen molar-refractivity contribution in [1.29, 1.82) is 0 Å². The van der Waals surface area contributed by atoms with E-state index in [9.17, 15) is 9.90 Å². The SMILES string of the molecule is CC.CCCC(CC)c1ccc(COc2ccc(-c3csc(CN(CC(=O)O)Cc4cc(C)cc(C)c4)n3)cc2)cc1. The zero-order chi connectivity index (χ0) is 30.5. The molecule has 0 radical (unpaired) electrons. The number of rotatable bonds is 14. The maximum atomic E-state index is 11.5. The normalized spacial score (nSPS) is 11.6. The third-order valence-electron chi connectivity index (χ3n) is 7.09. The van der Waals surface area contributed by atoms with E-state index >= 15 is 0 Å². The lowest BCUT2D eigenvalue weighted by Gasteiger charge is -2.19. The van der Waals surface area contributed by atoms with E-state index < -0.39 is 5.97 Å². The van der Waals surface area contributed by atoms with Crippen LogP contribution in [0.3, 0.4) is 0 Å². The molecule has 0 aliphatic carbocycles. The van der Waals surface area contributed by atoms with Gasteiger partial charge in [-0.25, -0.2) is 4.98 Å². The summed E-state index contributed by atoms with van der Waals surface area (Å²) in [5, 5.41) is 12.4. The van der Waals surface area contributed by atoms with Gasteiger partial charge in [0.05, 0.1) is 18.8 Å². The standard InChI is InChI=1S/C34H40N2O3S.C2H6/c1-5-7-28(6-2)29-10-8-26(9-11-29)22-39-31-14-12-30(13-15-31)32-23-40-33(35-32)20-36(21-34(37)38)19-27-17-24(3)16-25(4)18-27;1-2/h8-18,23,28H,5-7,19-22H2,1-4H3,(H,37,38);1-2H3. The van der Waals surface area contributed by atoms with Crippen molar-refractivity contribution in [3.05, 3.63) is 105 Å². The van der Waals surface area contributed by atoms with Crippen molar-refractivity contribution >= 4 is 17.3 Å². The van der Waals surface area contributed by atoms with Gasteiger partial charge in [-0.1, -0.05) is 87.7 Å². The third-order valence-corrected chi connectivity index (χ3v) is 7.93. The number of hydrogen-bond donors (Lipinski definition) is 1. The summed E-state index contributed by atoms with van der Waals surface area (Å²) >= 11 is 1.56. The Labute approximate surface area is 256 Å². The van der Waals surface area contributed by atoms with Crippen molar-refractivity contribution in [1.82, 2.24) is 9.88 Å². The van der Waals surface area contributed by atoms with Crippen LogP contribution in [0.5, 0.6) is 5.75 Å². The fourth-order valence-electron chi connectivity index (χ4n) is 5.21. The molecule has 5 nitrogen and oxygen atoms in total. The highest BCUT2D eigenvalue weighted by atomic mass is 32.1. The molecule has 0 aliphatic heterocycles. The fraction of sp³-hybridized carbons (Fsp3) is 0.389. The van der Waals surface area contributed by atoms with Crippen LogP contribution in [0.1, 0.15) is 85.7 Å². The third kappa shape index (κ3) is 10.1. The summed E-state index contributed by atoms with van der Waals surface area (Å²) in [6, 6.07) is 23.2. The predicted molar refractivity (Wildman–Crippen MR) is 175 cm³/mol. The molecule has 1 unspecified atom stereocenters. The zero-order valence-corrected chi connectivity index (χ0v) is 26.8. The molecule has 1 aromatic heterocycles. The van der Waals surface area contributed by atoms with Crippen LogP contribution in [-0.4, -0.2) is 27.5 Å². The topological polar surface area (TPSA) is 62.7 Å². The molecule has 4 aromatic rings. The first-order valence-electron chi connectivity index (χ1n) is 15.1. The lowest BCUT2D eigenvalue weighted by molar-refractivity contribution is -0.138. The largest absolute Gasteiger partial charge is 0.489 e. The molecule has 0 saturated heterocycles. The highest BCUT2D eigenvalue weighted by Crippen LogP contribution is 2.27. The smallest absolute Gasteiger partial charge is 0.317 e. The van der Waals surface area contributed by atoms with Gasteiger partial charge in [-0.05, 0) is 73.6 Å². The number of benzene rings is 3. The summed E-state index contributed by atoms with van der Waals surface area (Å²) in [5.41, 5.74) is 7.95. The zero-order valence-electron chi connectivity index (χ0n) is 26.0. The minimum Gasteiger partial charge on any atom is -0.489 e. The molecule has 0 spiro atoms. The number of aromatic nitrogens is 1. The maximum Gasteiger partial charge on any atom is 0.317 e. The number of nitrogens with zero attached hydrogens (tertiary/aromatic N) is 2. The van der Waals surface area contributed by atoms with Gasteiger partial charge in [0.25, 0.3) is 0 Å². The van der Waals surface area contributed by atoms with Gasteiger partial charge in [0.2, 0.25) is 0 Å². The number of aliphatic carboxylic acids is 1. The second kappa shape index (κ2) is 16.8. The van der Waals surface area contributed by atoms with E-state index in [-0.39, 0.29) is 6.54 Å². The molecule has 224 valence electrons. The Morgan fingerprint density at radius 2 is 1.60 bits per heavy atom. The Balaban J connectivity index is 0.00000237. The van der Waals surface area contributed by atoms with Crippen molar-refractivity contribution in [3.63, 3.8) is 0 Å². The van der Waals surface area contributed by atoms with Gasteiger partial charge in [0.15, 0.2) is 0 Å². The first kappa shape index (κ1) is 33.0. The number of carboxylic acids is 1. The van der Waals surface area contributed by atoms with Crippen molar-refractivity contribution in [2.45, 2.75) is 86.4 Å². The van der Waals surface area contributed by atoms with Crippen molar-refractivity contribution in [2.24, 2.45) is 0 Å². The molecule has 1 N–H and O–H groups in total. The number of ether oxygens (including phenoxy) is 1. The van der Waals surface area contributed by atoms with Gasteiger partial charge in [-0.2, -0.15) is 0 Å². The maximum absolute atomic E-state index is 11.5. The Morgan fingerprint density at radius 1 is 0.929 bits per heavy atom. The highest BCUT2D eigenvalue weighted by Gasteiger charge is 2.15. The Hall–Kier alpha value is -3.48. The minimum atomic E-state index is -0.839. The van der Waals surface area contributed by atoms with Gasteiger partial charge in [0.1, 0.15) is 17.4 Å². The quantitative estimate of drug-likeness (QED) is 0.159. The Kier molecular flexibility index (Phi) is 13.2. The van der Waals surface area contributed by atoms with Gasteiger partial charge < -0.3 is 9.84 Å². The van der Waals surface area contributed by atoms with Crippen molar-refractivity contribution in [3.8, 4) is 17.0 Å². The van der Waals surface area contributed by atoms with Gasteiger partial charge in [-0.15, -0.1) is 11.3 Å². The van der Waals surface area contributed by atoms with Crippen LogP contribution in [0.25, 0.3) is 11.3 Å². The summed E-state index contributed by atoms with van der Waals surface area (Å²) in [6.45, 7) is 14.2. The van der Waals surface area contributed by atoms with E-state index in [1.165, 1.54) is 36.0 Å². The average Bonchev–Trinajstić information content (AvgIpc) is 3.44. The summed E-state index contributed by atoms with van der Waals surface area (Å²) in [5.74, 6) is 0.618. The Bertz CT molecular complexity index is 1360. The van der Waals surface area contributed by atoms with Crippen LogP contribution < -0.4 is 4.74 Å². The lowest BCUT2D eigenvalue weighted by atomic mass is 9.92. The summed E-state index contributed by atoms with van der Waals surface area (Å²) in [6.07, 6.45) is 3.61. The molecule has 1 atom stereocenters. The van der Waals surface area contributed by atoms with Crippen molar-refractivity contribution in [2.75, 3.05) is 6.54 Å². The summed E-state index contributed by atoms with van der Waals surface area (Å²) < 4.78 is 6.05. The molecule has 0 aliphatic rings. The molecule has 0 amide bonds. The predicted octanol–water partition coefficient (Wildman–Crippen LogP) is 9.41. The second-order valence-corrected chi connectivity index (χ2v) is 11.6. The number of hydrogen-bond acceptors (Lipinski definition) is 5. The first-order valence-corrected chi connectivity index (χ1v) is 16.0. The van der Waals surface area contributed by atoms with Crippen LogP contribution in [-0.2, 0) is 24.5 Å². The van der Waals surface area contributed by atoms with E-state index in [1.807, 2.05) is 48.4 Å². The summed E-state index contributed by atoms with van der Waals surface area (Å²) in [7, 11) is 0. The van der Waals surface area contributed by atoms with Crippen LogP contribution in [0.15, 0.2) is 72.1 Å². The second-order valence-electron chi connectivity index (χ2n) is 10.6. The molecule has 42 heavy (non-hydrogen) atoms. The van der Waals surface area contributed by atoms with E-state index in [0.29, 0.717) is 25.6 Å².